The largest absolute Gasteiger partial charge is 0.394 e. The molecule has 4 N–H and O–H groups in total. The topological polar surface area (TPSA) is 71.2 Å². The zero-order valence-electron chi connectivity index (χ0n) is 7.70. The van der Waals surface area contributed by atoms with E-state index < -0.39 is 0 Å². The highest BCUT2D eigenvalue weighted by atomic mass is 16.3. The van der Waals surface area contributed by atoms with Gasteiger partial charge in [-0.15, -0.1) is 0 Å². The van der Waals surface area contributed by atoms with Crippen molar-refractivity contribution >= 4 is 5.69 Å². The molecular formula is C9H15N3O. The number of aliphatic hydroxyl groups is 1. The monoisotopic (exact) mass is 181 g/mol. The minimum atomic E-state index is 0.0468. The van der Waals surface area contributed by atoms with Crippen molar-refractivity contribution < 1.29 is 5.11 Å². The molecule has 0 spiro atoms. The second-order valence-corrected chi connectivity index (χ2v) is 2.97. The molecule has 1 unspecified atom stereocenters. The van der Waals surface area contributed by atoms with Crippen LogP contribution in [0.3, 0.4) is 0 Å². The Morgan fingerprint density at radius 1 is 1.62 bits per heavy atom. The second kappa shape index (κ2) is 4.79. The molecule has 0 bridgehead atoms. The summed E-state index contributed by atoms with van der Waals surface area (Å²) in [7, 11) is 0. The van der Waals surface area contributed by atoms with Gasteiger partial charge in [0.05, 0.1) is 24.2 Å². The summed E-state index contributed by atoms with van der Waals surface area (Å²) >= 11 is 0. The van der Waals surface area contributed by atoms with Crippen molar-refractivity contribution in [3.63, 3.8) is 0 Å². The van der Waals surface area contributed by atoms with Crippen LogP contribution in [0.2, 0.25) is 0 Å². The molecule has 13 heavy (non-hydrogen) atoms. The second-order valence-electron chi connectivity index (χ2n) is 2.97. The first-order valence-electron chi connectivity index (χ1n) is 4.28. The molecule has 4 heteroatoms. The van der Waals surface area contributed by atoms with Crippen LogP contribution in [-0.2, 0) is 6.54 Å². The molecule has 0 amide bonds. The average Bonchev–Trinajstić information content (AvgIpc) is 2.19. The maximum absolute atomic E-state index is 8.79. The summed E-state index contributed by atoms with van der Waals surface area (Å²) in [6, 6.07) is 3.82. The normalized spacial score (nSPS) is 12.5. The summed E-state index contributed by atoms with van der Waals surface area (Å²) in [5.41, 5.74) is 7.17. The molecule has 0 saturated carbocycles. The Kier molecular flexibility index (Phi) is 3.67. The molecule has 1 aromatic rings. The molecule has 1 rings (SSSR count). The summed E-state index contributed by atoms with van der Waals surface area (Å²) in [6.07, 6.45) is 1.72. The van der Waals surface area contributed by atoms with Crippen LogP contribution >= 0.6 is 0 Å². The Balaban J connectivity index is 2.58. The molecule has 0 radical (unpaired) electrons. The molecule has 0 fully saturated rings. The Hall–Kier alpha value is -1.13. The van der Waals surface area contributed by atoms with Crippen molar-refractivity contribution in [2.75, 3.05) is 11.9 Å². The predicted molar refractivity (Wildman–Crippen MR) is 52.3 cm³/mol. The van der Waals surface area contributed by atoms with Crippen molar-refractivity contribution in [3.05, 3.63) is 24.0 Å². The van der Waals surface area contributed by atoms with Gasteiger partial charge < -0.3 is 16.2 Å². The molecule has 0 aliphatic rings. The van der Waals surface area contributed by atoms with Crippen LogP contribution in [0, 0.1) is 0 Å². The van der Waals surface area contributed by atoms with Gasteiger partial charge in [-0.25, -0.2) is 0 Å². The van der Waals surface area contributed by atoms with Crippen LogP contribution in [0.4, 0.5) is 5.69 Å². The van der Waals surface area contributed by atoms with E-state index in [1.165, 1.54) is 0 Å². The number of aliphatic hydroxyl groups excluding tert-OH is 1. The molecule has 4 nitrogen and oxygen atoms in total. The fraction of sp³-hybridized carbons (Fsp3) is 0.444. The zero-order chi connectivity index (χ0) is 9.68. The maximum atomic E-state index is 8.79. The Labute approximate surface area is 77.8 Å². The van der Waals surface area contributed by atoms with Crippen molar-refractivity contribution in [1.29, 1.82) is 0 Å². The summed E-state index contributed by atoms with van der Waals surface area (Å²) in [5, 5.41) is 11.9. The Morgan fingerprint density at radius 3 is 2.85 bits per heavy atom. The number of nitrogens with zero attached hydrogens (tertiary/aromatic N) is 1. The summed E-state index contributed by atoms with van der Waals surface area (Å²) < 4.78 is 0. The molecule has 1 atom stereocenters. The summed E-state index contributed by atoms with van der Waals surface area (Å²) in [4.78, 5) is 4.12. The molecule has 0 aromatic carbocycles. The Bertz CT molecular complexity index is 248. The highest BCUT2D eigenvalue weighted by Gasteiger charge is 1.99. The number of nitrogens with two attached hydrogens (primary N) is 1. The van der Waals surface area contributed by atoms with Crippen LogP contribution in [0.15, 0.2) is 18.3 Å². The number of hydrogen-bond donors (Lipinski definition) is 3. The van der Waals surface area contributed by atoms with E-state index in [-0.39, 0.29) is 12.6 Å². The van der Waals surface area contributed by atoms with E-state index in [9.17, 15) is 0 Å². The number of pyridine rings is 1. The van der Waals surface area contributed by atoms with Crippen LogP contribution < -0.4 is 11.1 Å². The van der Waals surface area contributed by atoms with Gasteiger partial charge in [-0.05, 0) is 19.1 Å². The fourth-order valence-electron chi connectivity index (χ4n) is 0.961. The van der Waals surface area contributed by atoms with Crippen molar-refractivity contribution in [2.24, 2.45) is 5.73 Å². The van der Waals surface area contributed by atoms with Gasteiger partial charge in [0.1, 0.15) is 0 Å². The highest BCUT2D eigenvalue weighted by Crippen LogP contribution is 2.06. The van der Waals surface area contributed by atoms with Gasteiger partial charge in [-0.1, -0.05) is 0 Å². The third-order valence-electron chi connectivity index (χ3n) is 1.72. The van der Waals surface area contributed by atoms with Gasteiger partial charge in [0.2, 0.25) is 0 Å². The summed E-state index contributed by atoms with van der Waals surface area (Å²) in [6.45, 7) is 2.46. The highest BCUT2D eigenvalue weighted by molar-refractivity contribution is 5.41. The number of aromatic nitrogens is 1. The first kappa shape index (κ1) is 9.95. The van der Waals surface area contributed by atoms with Gasteiger partial charge in [0.15, 0.2) is 0 Å². The van der Waals surface area contributed by atoms with E-state index in [2.05, 4.69) is 10.3 Å². The third-order valence-corrected chi connectivity index (χ3v) is 1.72. The van der Waals surface area contributed by atoms with Gasteiger partial charge in [-0.3, -0.25) is 4.98 Å². The lowest BCUT2D eigenvalue weighted by molar-refractivity contribution is 0.281. The van der Waals surface area contributed by atoms with Crippen LogP contribution in [-0.4, -0.2) is 22.7 Å². The van der Waals surface area contributed by atoms with Gasteiger partial charge in [0, 0.05) is 12.6 Å². The number of rotatable bonds is 4. The SMILES string of the molecule is CC(CO)Nc1ccc(CN)nc1. The van der Waals surface area contributed by atoms with Crippen LogP contribution in [0.1, 0.15) is 12.6 Å². The zero-order valence-corrected chi connectivity index (χ0v) is 7.70. The van der Waals surface area contributed by atoms with Crippen molar-refractivity contribution in [2.45, 2.75) is 19.5 Å². The van der Waals surface area contributed by atoms with E-state index in [1.807, 2.05) is 19.1 Å². The first-order valence-corrected chi connectivity index (χ1v) is 4.28. The number of hydrogen-bond acceptors (Lipinski definition) is 4. The minimum absolute atomic E-state index is 0.0468. The average molecular weight is 181 g/mol. The fourth-order valence-corrected chi connectivity index (χ4v) is 0.961. The number of nitrogens with one attached hydrogen (secondary N) is 1. The standard InChI is InChI=1S/C9H15N3O/c1-7(6-13)12-9-3-2-8(4-10)11-5-9/h2-3,5,7,12-13H,4,6,10H2,1H3. The third kappa shape index (κ3) is 3.01. The van der Waals surface area contributed by atoms with E-state index in [4.69, 9.17) is 10.8 Å². The lowest BCUT2D eigenvalue weighted by Gasteiger charge is -2.11. The molecule has 1 aromatic heterocycles. The van der Waals surface area contributed by atoms with E-state index >= 15 is 0 Å². The van der Waals surface area contributed by atoms with Crippen LogP contribution in [0.5, 0.6) is 0 Å². The van der Waals surface area contributed by atoms with Gasteiger partial charge in [-0.2, -0.15) is 0 Å². The molecule has 0 saturated heterocycles. The molecule has 0 aliphatic heterocycles. The van der Waals surface area contributed by atoms with Gasteiger partial charge >= 0.3 is 0 Å². The molecule has 72 valence electrons. The van der Waals surface area contributed by atoms with E-state index in [0.717, 1.165) is 11.4 Å². The quantitative estimate of drug-likeness (QED) is 0.626. The molecule has 0 aliphatic carbocycles. The predicted octanol–water partition coefficient (Wildman–Crippen LogP) is 0.333. The minimum Gasteiger partial charge on any atom is -0.394 e. The maximum Gasteiger partial charge on any atom is 0.0630 e. The molecular weight excluding hydrogens is 166 g/mol. The first-order chi connectivity index (χ1) is 6.26. The number of anilines is 1. The van der Waals surface area contributed by atoms with Crippen molar-refractivity contribution in [1.82, 2.24) is 4.98 Å². The van der Waals surface area contributed by atoms with Crippen molar-refractivity contribution in [3.8, 4) is 0 Å². The van der Waals surface area contributed by atoms with Crippen LogP contribution in [0.25, 0.3) is 0 Å². The van der Waals surface area contributed by atoms with E-state index in [1.54, 1.807) is 6.20 Å². The van der Waals surface area contributed by atoms with E-state index in [0.29, 0.717) is 6.54 Å². The molecule has 1 heterocycles. The lowest BCUT2D eigenvalue weighted by atomic mass is 10.3. The lowest BCUT2D eigenvalue weighted by Crippen LogP contribution is -2.19. The summed E-state index contributed by atoms with van der Waals surface area (Å²) in [5.74, 6) is 0. The Morgan fingerprint density at radius 2 is 2.38 bits per heavy atom. The smallest absolute Gasteiger partial charge is 0.0630 e. The van der Waals surface area contributed by atoms with Gasteiger partial charge in [0.25, 0.3) is 0 Å².